The predicted octanol–water partition coefficient (Wildman–Crippen LogP) is 5.96. The molecule has 2 heterocycles. The van der Waals surface area contributed by atoms with E-state index in [9.17, 15) is 22.4 Å². The number of rotatable bonds is 4. The van der Waals surface area contributed by atoms with Gasteiger partial charge in [-0.3, -0.25) is 4.79 Å². The normalized spacial score (nSPS) is 44.8. The standard InChI is InChI=1S/C29H42F4O6/c1-17-7-20-11-21(13-23(12-20)29(17)37-15-27(30,31)28(32,33)16-38-29)25(34)36-14-24-5-6-35-26(39-24)22-9-18-3-2-4-19(8-18)10-22/h17-24,26H,2-16H2,1H3. The van der Waals surface area contributed by atoms with Crippen molar-refractivity contribution in [3.05, 3.63) is 0 Å². The first kappa shape index (κ1) is 28.2. The van der Waals surface area contributed by atoms with Gasteiger partial charge in [-0.2, -0.15) is 17.6 Å². The molecule has 6 nitrogen and oxygen atoms in total. The summed E-state index contributed by atoms with van der Waals surface area (Å²) in [5.74, 6) is -9.65. The van der Waals surface area contributed by atoms with Gasteiger partial charge < -0.3 is 23.7 Å². The number of alkyl halides is 4. The van der Waals surface area contributed by atoms with E-state index in [0.717, 1.165) is 24.7 Å². The summed E-state index contributed by atoms with van der Waals surface area (Å²) in [6.45, 7) is -0.262. The molecule has 4 saturated carbocycles. The lowest BCUT2D eigenvalue weighted by Crippen LogP contribution is -2.56. The van der Waals surface area contributed by atoms with Crippen LogP contribution in [0, 0.1) is 41.4 Å². The van der Waals surface area contributed by atoms with Crippen LogP contribution in [0.1, 0.15) is 77.6 Å². The van der Waals surface area contributed by atoms with Crippen LogP contribution in [-0.2, 0) is 28.5 Å². The van der Waals surface area contributed by atoms with Gasteiger partial charge >= 0.3 is 17.8 Å². The van der Waals surface area contributed by atoms with E-state index >= 15 is 0 Å². The zero-order valence-corrected chi connectivity index (χ0v) is 22.8. The van der Waals surface area contributed by atoms with Gasteiger partial charge in [0, 0.05) is 24.2 Å². The molecule has 1 spiro atoms. The maximum absolute atomic E-state index is 14.1. The van der Waals surface area contributed by atoms with E-state index in [1.54, 1.807) is 6.92 Å². The minimum atomic E-state index is -4.31. The highest BCUT2D eigenvalue weighted by atomic mass is 19.3. The molecular formula is C29H42F4O6. The molecule has 0 aromatic carbocycles. The van der Waals surface area contributed by atoms with Gasteiger partial charge in [0.2, 0.25) is 0 Å². The zero-order chi connectivity index (χ0) is 27.4. The summed E-state index contributed by atoms with van der Waals surface area (Å²) in [6.07, 6.45) is 9.81. The molecule has 6 rings (SSSR count). The SMILES string of the molecule is CC1CC2CC(C(=O)OCC3CCOC(C4CC5CCCC(C5)C4)O3)CC(C2)C12OCC(F)(F)C(F)(F)CO2. The lowest BCUT2D eigenvalue weighted by atomic mass is 9.61. The quantitative estimate of drug-likeness (QED) is 0.311. The molecule has 0 aromatic rings. The summed E-state index contributed by atoms with van der Waals surface area (Å²) < 4.78 is 85.3. The number of carbonyl (C=O) groups excluding carboxylic acids is 1. The lowest BCUT2D eigenvalue weighted by molar-refractivity contribution is -0.315. The molecule has 2 saturated heterocycles. The Hall–Kier alpha value is -0.970. The number of ether oxygens (including phenoxy) is 5. The van der Waals surface area contributed by atoms with Crippen molar-refractivity contribution >= 4 is 5.97 Å². The molecule has 6 fully saturated rings. The Labute approximate surface area is 227 Å². The highest BCUT2D eigenvalue weighted by Crippen LogP contribution is 2.55. The molecule has 4 bridgehead atoms. The molecule has 6 aliphatic rings. The third kappa shape index (κ3) is 5.48. The molecule has 4 aliphatic carbocycles. The van der Waals surface area contributed by atoms with E-state index in [1.165, 1.54) is 25.7 Å². The van der Waals surface area contributed by atoms with Crippen LogP contribution in [0.4, 0.5) is 17.6 Å². The Morgan fingerprint density at radius 1 is 0.846 bits per heavy atom. The van der Waals surface area contributed by atoms with Crippen molar-refractivity contribution in [1.82, 2.24) is 0 Å². The molecule has 0 aromatic heterocycles. The molecule has 8 atom stereocenters. The van der Waals surface area contributed by atoms with Crippen LogP contribution >= 0.6 is 0 Å². The Bertz CT molecular complexity index is 869. The molecule has 0 radical (unpaired) electrons. The zero-order valence-electron chi connectivity index (χ0n) is 22.8. The number of hydrogen-bond acceptors (Lipinski definition) is 6. The fourth-order valence-electron chi connectivity index (χ4n) is 8.68. The highest BCUT2D eigenvalue weighted by molar-refractivity contribution is 5.72. The smallest absolute Gasteiger partial charge is 0.335 e. The average Bonchev–Trinajstić information content (AvgIpc) is 3.00. The highest BCUT2D eigenvalue weighted by Gasteiger charge is 2.64. The number of esters is 1. The van der Waals surface area contributed by atoms with Crippen LogP contribution in [-0.4, -0.2) is 62.4 Å². The van der Waals surface area contributed by atoms with Crippen LogP contribution < -0.4 is 0 Å². The van der Waals surface area contributed by atoms with Crippen molar-refractivity contribution < 1.29 is 46.0 Å². The molecule has 10 heteroatoms. The second-order valence-electron chi connectivity index (χ2n) is 13.4. The van der Waals surface area contributed by atoms with Crippen LogP contribution in [0.5, 0.6) is 0 Å². The van der Waals surface area contributed by atoms with E-state index in [-0.39, 0.29) is 36.8 Å². The Kier molecular flexibility index (Phi) is 7.73. The van der Waals surface area contributed by atoms with Crippen molar-refractivity contribution in [3.8, 4) is 0 Å². The summed E-state index contributed by atoms with van der Waals surface area (Å²) >= 11 is 0. The van der Waals surface area contributed by atoms with Crippen molar-refractivity contribution in [2.24, 2.45) is 41.4 Å². The summed E-state index contributed by atoms with van der Waals surface area (Å²) in [5.41, 5.74) is 0. The summed E-state index contributed by atoms with van der Waals surface area (Å²) in [4.78, 5) is 13.2. The van der Waals surface area contributed by atoms with E-state index in [2.05, 4.69) is 0 Å². The first-order chi connectivity index (χ1) is 18.5. The van der Waals surface area contributed by atoms with Crippen molar-refractivity contribution in [2.45, 2.75) is 108 Å². The molecule has 2 aliphatic heterocycles. The number of fused-ring (bicyclic) bond motifs is 5. The molecule has 8 unspecified atom stereocenters. The van der Waals surface area contributed by atoms with Gasteiger partial charge in [-0.05, 0) is 62.7 Å². The van der Waals surface area contributed by atoms with Gasteiger partial charge in [0.25, 0.3) is 0 Å². The average molecular weight is 563 g/mol. The van der Waals surface area contributed by atoms with E-state index < -0.39 is 42.7 Å². The molecular weight excluding hydrogens is 520 g/mol. The molecule has 222 valence electrons. The van der Waals surface area contributed by atoms with Crippen molar-refractivity contribution in [1.29, 1.82) is 0 Å². The number of hydrogen-bond donors (Lipinski definition) is 0. The Morgan fingerprint density at radius 2 is 1.54 bits per heavy atom. The van der Waals surface area contributed by atoms with Crippen LogP contribution in [0.3, 0.4) is 0 Å². The minimum Gasteiger partial charge on any atom is -0.463 e. The fourth-order valence-corrected chi connectivity index (χ4v) is 8.68. The maximum atomic E-state index is 14.1. The Morgan fingerprint density at radius 3 is 2.23 bits per heavy atom. The van der Waals surface area contributed by atoms with Gasteiger partial charge in [-0.25, -0.2) is 0 Å². The topological polar surface area (TPSA) is 63.2 Å². The van der Waals surface area contributed by atoms with Crippen LogP contribution in [0.2, 0.25) is 0 Å². The van der Waals surface area contributed by atoms with Gasteiger partial charge in [0.15, 0.2) is 12.1 Å². The predicted molar refractivity (Wildman–Crippen MR) is 131 cm³/mol. The van der Waals surface area contributed by atoms with Crippen LogP contribution in [0.15, 0.2) is 0 Å². The first-order valence-electron chi connectivity index (χ1n) is 15.0. The van der Waals surface area contributed by atoms with Crippen LogP contribution in [0.25, 0.3) is 0 Å². The largest absolute Gasteiger partial charge is 0.463 e. The van der Waals surface area contributed by atoms with E-state index in [4.69, 9.17) is 23.7 Å². The third-order valence-electron chi connectivity index (χ3n) is 10.6. The second kappa shape index (κ2) is 10.7. The number of halogens is 4. The van der Waals surface area contributed by atoms with E-state index in [0.29, 0.717) is 44.6 Å². The molecule has 0 N–H and O–H groups in total. The van der Waals surface area contributed by atoms with Gasteiger partial charge in [-0.15, -0.1) is 0 Å². The lowest BCUT2D eigenvalue weighted by Gasteiger charge is -2.52. The van der Waals surface area contributed by atoms with Gasteiger partial charge in [0.1, 0.15) is 19.8 Å². The van der Waals surface area contributed by atoms with E-state index in [1.807, 2.05) is 0 Å². The van der Waals surface area contributed by atoms with Crippen molar-refractivity contribution in [3.63, 3.8) is 0 Å². The minimum absolute atomic E-state index is 0.150. The van der Waals surface area contributed by atoms with Gasteiger partial charge in [-0.1, -0.05) is 26.2 Å². The summed E-state index contributed by atoms with van der Waals surface area (Å²) in [5, 5.41) is 0. The summed E-state index contributed by atoms with van der Waals surface area (Å²) in [6, 6.07) is 0. The van der Waals surface area contributed by atoms with Crippen molar-refractivity contribution in [2.75, 3.05) is 26.4 Å². The molecule has 39 heavy (non-hydrogen) atoms. The Balaban J connectivity index is 1.05. The first-order valence-corrected chi connectivity index (χ1v) is 15.0. The monoisotopic (exact) mass is 562 g/mol. The van der Waals surface area contributed by atoms with Gasteiger partial charge in [0.05, 0.1) is 18.6 Å². The third-order valence-corrected chi connectivity index (χ3v) is 10.6. The number of carbonyl (C=O) groups is 1. The maximum Gasteiger partial charge on any atom is 0.335 e. The second-order valence-corrected chi connectivity index (χ2v) is 13.4. The fraction of sp³-hybridized carbons (Fsp3) is 0.966. The summed E-state index contributed by atoms with van der Waals surface area (Å²) in [7, 11) is 0. The molecule has 0 amide bonds.